The van der Waals surface area contributed by atoms with E-state index in [4.69, 9.17) is 0 Å². The zero-order valence-corrected chi connectivity index (χ0v) is 17.6. The molecule has 2 aromatic carbocycles. The number of hydrogen-bond donors (Lipinski definition) is 0. The largest absolute Gasteiger partial charge is 0.366 e. The summed E-state index contributed by atoms with van der Waals surface area (Å²) in [5.41, 5.74) is 1.15. The van der Waals surface area contributed by atoms with Crippen LogP contribution in [0.15, 0.2) is 42.5 Å². The van der Waals surface area contributed by atoms with Gasteiger partial charge in [0.05, 0.1) is 5.69 Å². The molecule has 4 nitrogen and oxygen atoms in total. The first kappa shape index (κ1) is 19.9. The second-order valence-corrected chi connectivity index (χ2v) is 10.9. The van der Waals surface area contributed by atoms with E-state index >= 15 is 0 Å². The van der Waals surface area contributed by atoms with Crippen molar-refractivity contribution in [2.24, 2.45) is 5.92 Å². The highest BCUT2D eigenvalue weighted by Crippen LogP contribution is 2.42. The summed E-state index contributed by atoms with van der Waals surface area (Å²) in [6, 6.07) is 11.9. The quantitative estimate of drug-likeness (QED) is 0.708. The van der Waals surface area contributed by atoms with Gasteiger partial charge in [-0.1, -0.05) is 30.3 Å². The topological polar surface area (TPSA) is 40.6 Å². The molecule has 0 unspecified atom stereocenters. The van der Waals surface area contributed by atoms with Gasteiger partial charge in [0.1, 0.15) is 16.9 Å². The van der Waals surface area contributed by atoms with Gasteiger partial charge in [-0.15, -0.1) is 0 Å². The van der Waals surface area contributed by atoms with Gasteiger partial charge in [-0.25, -0.2) is 17.2 Å². The molecule has 2 aliphatic heterocycles. The average molecular weight is 433 g/mol. The van der Waals surface area contributed by atoms with Crippen molar-refractivity contribution in [3.05, 3.63) is 65.2 Å². The van der Waals surface area contributed by atoms with Crippen LogP contribution in [0.5, 0.6) is 0 Å². The van der Waals surface area contributed by atoms with Crippen LogP contribution < -0.4 is 4.90 Å². The molecule has 0 spiro atoms. The van der Waals surface area contributed by atoms with Gasteiger partial charge < -0.3 is 4.90 Å². The van der Waals surface area contributed by atoms with Gasteiger partial charge in [-0.3, -0.25) is 0 Å². The lowest BCUT2D eigenvalue weighted by atomic mass is 10.1. The SMILES string of the molecule is O=S1(=O)[C@@H](c2ccccc2)CCCN1Cc1cc(F)c(N2C[C@H]3CC[C@@H]2C3)cc1F. The van der Waals surface area contributed by atoms with Crippen LogP contribution in [0.2, 0.25) is 0 Å². The Morgan fingerprint density at radius 1 is 1.00 bits per heavy atom. The fraction of sp³-hybridized carbons (Fsp3) is 0.478. The molecular formula is C23H26F2N2O2S. The Hall–Kier alpha value is -1.99. The van der Waals surface area contributed by atoms with Crippen molar-refractivity contribution in [1.29, 1.82) is 0 Å². The van der Waals surface area contributed by atoms with Crippen LogP contribution in [0.25, 0.3) is 0 Å². The number of piperidine rings is 1. The molecule has 30 heavy (non-hydrogen) atoms. The van der Waals surface area contributed by atoms with Crippen molar-refractivity contribution in [1.82, 2.24) is 4.31 Å². The third-order valence-electron chi connectivity index (χ3n) is 6.95. The molecular weight excluding hydrogens is 406 g/mol. The summed E-state index contributed by atoms with van der Waals surface area (Å²) in [4.78, 5) is 1.99. The maximum absolute atomic E-state index is 14.9. The maximum Gasteiger partial charge on any atom is 0.221 e. The van der Waals surface area contributed by atoms with Crippen LogP contribution in [0.3, 0.4) is 0 Å². The van der Waals surface area contributed by atoms with Crippen LogP contribution in [0.4, 0.5) is 14.5 Å². The molecule has 0 amide bonds. The van der Waals surface area contributed by atoms with Gasteiger partial charge in [0.15, 0.2) is 0 Å². The summed E-state index contributed by atoms with van der Waals surface area (Å²) >= 11 is 0. The number of benzene rings is 2. The standard InChI is InChI=1S/C23H26F2N2O2S/c24-20-13-22(27-14-16-8-9-19(27)11-16)21(25)12-18(20)15-26-10-4-7-23(30(26,28)29)17-5-2-1-3-6-17/h1-3,5-6,12-13,16,19,23H,4,7-11,14-15H2/t16-,19+,23+/m0/s1. The van der Waals surface area contributed by atoms with E-state index < -0.39 is 26.9 Å². The number of nitrogens with zero attached hydrogens (tertiary/aromatic N) is 2. The van der Waals surface area contributed by atoms with Gasteiger partial charge >= 0.3 is 0 Å². The molecule has 0 N–H and O–H groups in total. The molecule has 3 aliphatic rings. The van der Waals surface area contributed by atoms with E-state index in [2.05, 4.69) is 0 Å². The predicted octanol–water partition coefficient (Wildman–Crippen LogP) is 4.62. The fourth-order valence-electron chi connectivity index (χ4n) is 5.41. The molecule has 1 saturated carbocycles. The summed E-state index contributed by atoms with van der Waals surface area (Å²) in [7, 11) is -3.64. The molecule has 0 radical (unpaired) electrons. The van der Waals surface area contributed by atoms with Gasteiger partial charge in [0.2, 0.25) is 10.0 Å². The van der Waals surface area contributed by atoms with Crippen molar-refractivity contribution in [3.63, 3.8) is 0 Å². The lowest BCUT2D eigenvalue weighted by Crippen LogP contribution is -2.39. The van der Waals surface area contributed by atoms with E-state index in [1.807, 2.05) is 35.2 Å². The third kappa shape index (κ3) is 3.42. The zero-order chi connectivity index (χ0) is 20.9. The number of hydrogen-bond acceptors (Lipinski definition) is 3. The van der Waals surface area contributed by atoms with Crippen molar-refractivity contribution in [2.75, 3.05) is 18.0 Å². The van der Waals surface area contributed by atoms with Crippen molar-refractivity contribution >= 4 is 15.7 Å². The second kappa shape index (κ2) is 7.61. The number of fused-ring (bicyclic) bond motifs is 2. The molecule has 2 saturated heterocycles. The van der Waals surface area contributed by atoms with Crippen molar-refractivity contribution < 1.29 is 17.2 Å². The molecule has 0 aromatic heterocycles. The zero-order valence-electron chi connectivity index (χ0n) is 16.8. The molecule has 1 aliphatic carbocycles. The van der Waals surface area contributed by atoms with Gasteiger partial charge in [0.25, 0.3) is 0 Å². The minimum absolute atomic E-state index is 0.0953. The van der Waals surface area contributed by atoms with Crippen LogP contribution >= 0.6 is 0 Å². The minimum Gasteiger partial charge on any atom is -0.366 e. The van der Waals surface area contributed by atoms with Gasteiger partial charge in [0, 0.05) is 37.3 Å². The highest BCUT2D eigenvalue weighted by Gasteiger charge is 2.40. The Morgan fingerprint density at radius 3 is 2.50 bits per heavy atom. The van der Waals surface area contributed by atoms with E-state index in [-0.39, 0.29) is 12.1 Å². The van der Waals surface area contributed by atoms with E-state index in [0.717, 1.165) is 24.9 Å². The van der Waals surface area contributed by atoms with E-state index in [9.17, 15) is 17.2 Å². The van der Waals surface area contributed by atoms with Crippen LogP contribution in [0, 0.1) is 17.6 Å². The first-order valence-electron chi connectivity index (χ1n) is 10.7. The summed E-state index contributed by atoms with van der Waals surface area (Å²) in [6.07, 6.45) is 4.47. The maximum atomic E-state index is 14.9. The Morgan fingerprint density at radius 2 is 1.80 bits per heavy atom. The lowest BCUT2D eigenvalue weighted by Gasteiger charge is -2.33. The highest BCUT2D eigenvalue weighted by molar-refractivity contribution is 7.89. The number of sulfonamides is 1. The van der Waals surface area contributed by atoms with Gasteiger partial charge in [-0.2, -0.15) is 4.31 Å². The molecule has 3 atom stereocenters. The normalized spacial score (nSPS) is 28.2. The number of anilines is 1. The molecule has 5 rings (SSSR count). The average Bonchev–Trinajstić information content (AvgIpc) is 3.36. The lowest BCUT2D eigenvalue weighted by molar-refractivity contribution is 0.354. The monoisotopic (exact) mass is 432 g/mol. The van der Waals surface area contributed by atoms with Crippen LogP contribution in [0.1, 0.15) is 48.5 Å². The smallest absolute Gasteiger partial charge is 0.221 e. The van der Waals surface area contributed by atoms with Crippen molar-refractivity contribution in [2.45, 2.75) is 49.9 Å². The second-order valence-electron chi connectivity index (χ2n) is 8.80. The number of rotatable bonds is 4. The van der Waals surface area contributed by atoms with E-state index in [1.165, 1.54) is 22.9 Å². The molecule has 3 fully saturated rings. The highest BCUT2D eigenvalue weighted by atomic mass is 32.2. The Labute approximate surface area is 176 Å². The molecule has 160 valence electrons. The summed E-state index contributed by atoms with van der Waals surface area (Å²) in [5.74, 6) is -0.426. The van der Waals surface area contributed by atoms with Crippen LogP contribution in [-0.2, 0) is 16.6 Å². The molecule has 2 bridgehead atoms. The molecule has 2 aromatic rings. The summed E-state index contributed by atoms with van der Waals surface area (Å²) in [6.45, 7) is 0.963. The Kier molecular flexibility index (Phi) is 5.06. The van der Waals surface area contributed by atoms with Crippen molar-refractivity contribution in [3.8, 4) is 0 Å². The van der Waals surface area contributed by atoms with Crippen LogP contribution in [-0.4, -0.2) is 31.9 Å². The number of halogens is 2. The summed E-state index contributed by atoms with van der Waals surface area (Å²) < 4.78 is 57.5. The molecule has 2 heterocycles. The third-order valence-corrected chi connectivity index (χ3v) is 9.20. The van der Waals surface area contributed by atoms with E-state index in [0.29, 0.717) is 37.0 Å². The first-order chi connectivity index (χ1) is 14.4. The fourth-order valence-corrected chi connectivity index (χ4v) is 7.44. The van der Waals surface area contributed by atoms with E-state index in [1.54, 1.807) is 0 Å². The first-order valence-corrected chi connectivity index (χ1v) is 12.2. The van der Waals surface area contributed by atoms with Gasteiger partial charge in [-0.05, 0) is 49.7 Å². The Balaban J connectivity index is 1.39. The Bertz CT molecular complexity index is 1040. The molecule has 7 heteroatoms. The minimum atomic E-state index is -3.64. The summed E-state index contributed by atoms with van der Waals surface area (Å²) in [5, 5.41) is -0.639. The predicted molar refractivity (Wildman–Crippen MR) is 113 cm³/mol.